The van der Waals surface area contributed by atoms with Gasteiger partial charge >= 0.3 is 0 Å². The lowest BCUT2D eigenvalue weighted by atomic mass is 9.92. The Hall–Kier alpha value is -0.120. The minimum absolute atomic E-state index is 0.411. The van der Waals surface area contributed by atoms with Gasteiger partial charge in [-0.25, -0.2) is 0 Å². The number of hydrogen-bond donors (Lipinski definition) is 1. The van der Waals surface area contributed by atoms with Crippen molar-refractivity contribution in [2.75, 3.05) is 32.8 Å². The molecule has 3 heteroatoms. The molecule has 1 saturated carbocycles. The Morgan fingerprint density at radius 2 is 2.06 bits per heavy atom. The van der Waals surface area contributed by atoms with Gasteiger partial charge in [0.1, 0.15) is 0 Å². The first kappa shape index (κ1) is 14.3. The fourth-order valence-corrected chi connectivity index (χ4v) is 3.47. The van der Waals surface area contributed by atoms with Crippen LogP contribution < -0.4 is 5.32 Å². The number of nitrogens with zero attached hydrogens (tertiary/aromatic N) is 1. The van der Waals surface area contributed by atoms with E-state index >= 15 is 0 Å². The number of morpholine rings is 1. The van der Waals surface area contributed by atoms with Crippen LogP contribution in [0.15, 0.2) is 0 Å². The summed E-state index contributed by atoms with van der Waals surface area (Å²) >= 11 is 0. The van der Waals surface area contributed by atoms with E-state index in [0.717, 1.165) is 38.7 Å². The maximum absolute atomic E-state index is 6.08. The molecule has 0 amide bonds. The molecule has 1 aliphatic carbocycles. The maximum atomic E-state index is 6.08. The normalized spacial score (nSPS) is 28.7. The van der Waals surface area contributed by atoms with Gasteiger partial charge in [0.15, 0.2) is 0 Å². The molecule has 0 aromatic heterocycles. The topological polar surface area (TPSA) is 24.5 Å². The van der Waals surface area contributed by atoms with E-state index in [4.69, 9.17) is 4.74 Å². The van der Waals surface area contributed by atoms with Gasteiger partial charge in [0.25, 0.3) is 0 Å². The van der Waals surface area contributed by atoms with Crippen molar-refractivity contribution in [1.29, 1.82) is 0 Å². The molecule has 2 atom stereocenters. The Morgan fingerprint density at radius 1 is 1.28 bits per heavy atom. The van der Waals surface area contributed by atoms with Crippen LogP contribution in [0.1, 0.15) is 46.0 Å². The van der Waals surface area contributed by atoms with E-state index in [0.29, 0.717) is 12.1 Å². The zero-order valence-corrected chi connectivity index (χ0v) is 12.2. The summed E-state index contributed by atoms with van der Waals surface area (Å²) in [6, 6.07) is 0.585. The van der Waals surface area contributed by atoms with Crippen molar-refractivity contribution in [3.8, 4) is 0 Å². The van der Waals surface area contributed by atoms with Gasteiger partial charge in [-0.15, -0.1) is 0 Å². The third-order valence-electron chi connectivity index (χ3n) is 4.56. The van der Waals surface area contributed by atoms with Gasteiger partial charge in [-0.1, -0.05) is 26.7 Å². The van der Waals surface area contributed by atoms with Crippen LogP contribution in [0.4, 0.5) is 0 Å². The average Bonchev–Trinajstić information content (AvgIpc) is 2.93. The second kappa shape index (κ2) is 7.46. The van der Waals surface area contributed by atoms with Crippen molar-refractivity contribution in [2.24, 2.45) is 5.92 Å². The summed E-state index contributed by atoms with van der Waals surface area (Å²) < 4.78 is 6.08. The second-order valence-corrected chi connectivity index (χ2v) is 5.83. The molecule has 0 radical (unpaired) electrons. The Labute approximate surface area is 112 Å². The lowest BCUT2D eigenvalue weighted by Gasteiger charge is -2.39. The number of nitrogens with one attached hydrogen (secondary N) is 1. The van der Waals surface area contributed by atoms with Gasteiger partial charge in [0.05, 0.1) is 12.7 Å². The average molecular weight is 254 g/mol. The zero-order chi connectivity index (χ0) is 12.8. The molecule has 2 aliphatic rings. The quantitative estimate of drug-likeness (QED) is 0.787. The van der Waals surface area contributed by atoms with E-state index < -0.39 is 0 Å². The Kier molecular flexibility index (Phi) is 5.93. The van der Waals surface area contributed by atoms with Gasteiger partial charge in [-0.2, -0.15) is 0 Å². The highest BCUT2D eigenvalue weighted by Crippen LogP contribution is 2.30. The summed E-state index contributed by atoms with van der Waals surface area (Å²) in [6.45, 7) is 9.94. The molecule has 3 nitrogen and oxygen atoms in total. The molecule has 0 spiro atoms. The van der Waals surface area contributed by atoms with E-state index in [1.165, 1.54) is 32.1 Å². The fourth-order valence-electron chi connectivity index (χ4n) is 3.47. The van der Waals surface area contributed by atoms with Crippen LogP contribution in [0.2, 0.25) is 0 Å². The predicted molar refractivity (Wildman–Crippen MR) is 75.9 cm³/mol. The molecule has 1 aliphatic heterocycles. The second-order valence-electron chi connectivity index (χ2n) is 5.83. The molecular weight excluding hydrogens is 224 g/mol. The van der Waals surface area contributed by atoms with Crippen molar-refractivity contribution in [3.05, 3.63) is 0 Å². The molecule has 2 fully saturated rings. The highest BCUT2D eigenvalue weighted by atomic mass is 16.5. The minimum atomic E-state index is 0.411. The van der Waals surface area contributed by atoms with Crippen LogP contribution in [-0.2, 0) is 4.74 Å². The largest absolute Gasteiger partial charge is 0.374 e. The molecule has 0 aromatic carbocycles. The number of hydrogen-bond acceptors (Lipinski definition) is 3. The maximum Gasteiger partial charge on any atom is 0.0857 e. The van der Waals surface area contributed by atoms with Crippen LogP contribution >= 0.6 is 0 Å². The van der Waals surface area contributed by atoms with Crippen molar-refractivity contribution >= 4 is 0 Å². The molecule has 106 valence electrons. The third-order valence-corrected chi connectivity index (χ3v) is 4.56. The van der Waals surface area contributed by atoms with Gasteiger partial charge in [-0.3, -0.25) is 4.90 Å². The van der Waals surface area contributed by atoms with Crippen molar-refractivity contribution in [3.63, 3.8) is 0 Å². The van der Waals surface area contributed by atoms with E-state index in [1.54, 1.807) is 0 Å². The summed E-state index contributed by atoms with van der Waals surface area (Å²) in [7, 11) is 0. The Balaban J connectivity index is 1.93. The standard InChI is InChI=1S/C15H30N2O/c1-3-9-16-15(13-7-5-6-8-13)14-12-17(4-2)10-11-18-14/h13-16H,3-12H2,1-2H3. The number of ether oxygens (including phenoxy) is 1. The van der Waals surface area contributed by atoms with Crippen LogP contribution in [-0.4, -0.2) is 49.8 Å². The van der Waals surface area contributed by atoms with E-state index in [1.807, 2.05) is 0 Å². The van der Waals surface area contributed by atoms with Crippen molar-refractivity contribution in [1.82, 2.24) is 10.2 Å². The molecule has 0 aromatic rings. The van der Waals surface area contributed by atoms with Crippen molar-refractivity contribution < 1.29 is 4.74 Å². The SMILES string of the molecule is CCCNC(C1CCCC1)C1CN(CC)CCO1. The third kappa shape index (κ3) is 3.69. The smallest absolute Gasteiger partial charge is 0.0857 e. The number of likely N-dealkylation sites (N-methyl/N-ethyl adjacent to an activating group) is 1. The van der Waals surface area contributed by atoms with Crippen LogP contribution in [0, 0.1) is 5.92 Å². The molecule has 2 rings (SSSR count). The van der Waals surface area contributed by atoms with Crippen molar-refractivity contribution in [2.45, 2.75) is 58.1 Å². The van der Waals surface area contributed by atoms with Gasteiger partial charge < -0.3 is 10.1 Å². The van der Waals surface area contributed by atoms with Gasteiger partial charge in [0, 0.05) is 19.1 Å². The van der Waals surface area contributed by atoms with E-state index in [-0.39, 0.29) is 0 Å². The van der Waals surface area contributed by atoms with Gasteiger partial charge in [-0.05, 0) is 38.3 Å². The van der Waals surface area contributed by atoms with Gasteiger partial charge in [0.2, 0.25) is 0 Å². The molecule has 1 heterocycles. The molecule has 1 saturated heterocycles. The molecule has 0 bridgehead atoms. The van der Waals surface area contributed by atoms with Crippen LogP contribution in [0.3, 0.4) is 0 Å². The summed E-state index contributed by atoms with van der Waals surface area (Å²) in [5.41, 5.74) is 0. The molecular formula is C15H30N2O. The summed E-state index contributed by atoms with van der Waals surface area (Å²) in [4.78, 5) is 2.53. The summed E-state index contributed by atoms with van der Waals surface area (Å²) in [5, 5.41) is 3.77. The number of rotatable bonds is 6. The fraction of sp³-hybridized carbons (Fsp3) is 1.00. The molecule has 1 N–H and O–H groups in total. The first-order chi connectivity index (χ1) is 8.85. The summed E-state index contributed by atoms with van der Waals surface area (Å²) in [6.07, 6.45) is 7.25. The molecule has 2 unspecified atom stereocenters. The van der Waals surface area contributed by atoms with E-state index in [2.05, 4.69) is 24.1 Å². The minimum Gasteiger partial charge on any atom is -0.374 e. The highest BCUT2D eigenvalue weighted by molar-refractivity contribution is 4.89. The van der Waals surface area contributed by atoms with Crippen LogP contribution in [0.5, 0.6) is 0 Å². The summed E-state index contributed by atoms with van der Waals surface area (Å²) in [5.74, 6) is 0.846. The highest BCUT2D eigenvalue weighted by Gasteiger charge is 2.34. The zero-order valence-electron chi connectivity index (χ0n) is 12.2. The monoisotopic (exact) mass is 254 g/mol. The first-order valence-electron chi connectivity index (χ1n) is 7.92. The van der Waals surface area contributed by atoms with E-state index in [9.17, 15) is 0 Å². The van der Waals surface area contributed by atoms with Crippen LogP contribution in [0.25, 0.3) is 0 Å². The lowest BCUT2D eigenvalue weighted by Crippen LogP contribution is -2.54. The first-order valence-corrected chi connectivity index (χ1v) is 7.92. The Morgan fingerprint density at radius 3 is 2.72 bits per heavy atom. The Bertz CT molecular complexity index is 229. The molecule has 18 heavy (non-hydrogen) atoms. The lowest BCUT2D eigenvalue weighted by molar-refractivity contribution is -0.0546. The predicted octanol–water partition coefficient (Wildman–Crippen LogP) is 2.27.